The van der Waals surface area contributed by atoms with Gasteiger partial charge in [-0.25, -0.2) is 4.68 Å². The minimum absolute atomic E-state index is 0.0495. The number of carbonyl (C=O) groups is 1. The van der Waals surface area contributed by atoms with Crippen LogP contribution in [0.2, 0.25) is 5.02 Å². The van der Waals surface area contributed by atoms with E-state index in [0.29, 0.717) is 13.3 Å². The van der Waals surface area contributed by atoms with Gasteiger partial charge in [-0.1, -0.05) is 40.8 Å². The number of carbonyl (C=O) groups excluding carboxylic acids is 1. The summed E-state index contributed by atoms with van der Waals surface area (Å²) in [5, 5.41) is 18.7. The molecule has 0 radical (unpaired) electrons. The summed E-state index contributed by atoms with van der Waals surface area (Å²) in [5.74, 6) is -0.315. The number of halogens is 1. The Hall–Kier alpha value is -2.27. The SMILES string of the molecule is Cc1ccc(NC(=O)CSc2nn(-c3ccc(Cl)cc3)c(=S)s2)c([N+](=O)[O-])c1. The van der Waals surface area contributed by atoms with Crippen LogP contribution in [0.1, 0.15) is 5.56 Å². The summed E-state index contributed by atoms with van der Waals surface area (Å²) in [6, 6.07) is 11.7. The number of anilines is 1. The maximum atomic E-state index is 12.2. The van der Waals surface area contributed by atoms with E-state index in [1.807, 2.05) is 0 Å². The van der Waals surface area contributed by atoms with Crippen LogP contribution >= 0.6 is 46.9 Å². The van der Waals surface area contributed by atoms with Gasteiger partial charge < -0.3 is 5.32 Å². The number of nitrogens with one attached hydrogen (secondary N) is 1. The van der Waals surface area contributed by atoms with Gasteiger partial charge in [0.1, 0.15) is 5.69 Å². The van der Waals surface area contributed by atoms with Gasteiger partial charge in [0, 0.05) is 11.1 Å². The fourth-order valence-corrected chi connectivity index (χ4v) is 4.56. The zero-order valence-corrected chi connectivity index (χ0v) is 17.6. The summed E-state index contributed by atoms with van der Waals surface area (Å²) in [7, 11) is 0. The number of nitrogens with zero attached hydrogens (tertiary/aromatic N) is 3. The molecule has 3 aromatic rings. The largest absolute Gasteiger partial charge is 0.320 e. The third kappa shape index (κ3) is 4.96. The average molecular weight is 453 g/mol. The van der Waals surface area contributed by atoms with Crippen LogP contribution in [0.15, 0.2) is 46.8 Å². The number of hydrogen-bond acceptors (Lipinski definition) is 7. The molecule has 0 spiro atoms. The Kier molecular flexibility index (Phi) is 6.45. The van der Waals surface area contributed by atoms with Crippen LogP contribution in [0, 0.1) is 21.0 Å². The molecular weight excluding hydrogens is 440 g/mol. The topological polar surface area (TPSA) is 90.1 Å². The Morgan fingerprint density at radius 2 is 2.07 bits per heavy atom. The Morgan fingerprint density at radius 1 is 1.36 bits per heavy atom. The third-order valence-corrected chi connectivity index (χ3v) is 6.17. The van der Waals surface area contributed by atoms with Gasteiger partial charge >= 0.3 is 0 Å². The molecule has 0 saturated carbocycles. The van der Waals surface area contributed by atoms with Crippen molar-refractivity contribution in [1.29, 1.82) is 0 Å². The molecule has 0 unspecified atom stereocenters. The van der Waals surface area contributed by atoms with E-state index in [0.717, 1.165) is 11.3 Å². The van der Waals surface area contributed by atoms with Crippen molar-refractivity contribution in [3.05, 3.63) is 67.1 Å². The highest BCUT2D eigenvalue weighted by Crippen LogP contribution is 2.27. The smallest absolute Gasteiger partial charge is 0.293 e. The van der Waals surface area contributed by atoms with Crippen molar-refractivity contribution in [3.63, 3.8) is 0 Å². The Labute approximate surface area is 178 Å². The van der Waals surface area contributed by atoms with Crippen LogP contribution in [0.5, 0.6) is 0 Å². The van der Waals surface area contributed by atoms with Gasteiger partial charge in [-0.3, -0.25) is 14.9 Å². The third-order valence-electron chi connectivity index (χ3n) is 3.55. The lowest BCUT2D eigenvalue weighted by Gasteiger charge is -2.06. The van der Waals surface area contributed by atoms with Crippen LogP contribution in [0.25, 0.3) is 5.69 Å². The second kappa shape index (κ2) is 8.82. The maximum Gasteiger partial charge on any atom is 0.293 e. The minimum atomic E-state index is -0.519. The van der Waals surface area contributed by atoms with E-state index < -0.39 is 4.92 Å². The van der Waals surface area contributed by atoms with E-state index in [2.05, 4.69) is 10.4 Å². The zero-order chi connectivity index (χ0) is 20.3. The van der Waals surface area contributed by atoms with Gasteiger partial charge in [0.25, 0.3) is 5.69 Å². The molecule has 1 amide bonds. The van der Waals surface area contributed by atoms with Gasteiger partial charge in [0.2, 0.25) is 5.91 Å². The molecule has 2 aromatic carbocycles. The first-order valence-electron chi connectivity index (χ1n) is 7.87. The molecule has 28 heavy (non-hydrogen) atoms. The van der Waals surface area contributed by atoms with E-state index in [-0.39, 0.29) is 23.0 Å². The number of aryl methyl sites for hydroxylation is 1. The average Bonchev–Trinajstić information content (AvgIpc) is 3.03. The van der Waals surface area contributed by atoms with Crippen LogP contribution < -0.4 is 5.32 Å². The molecule has 0 bridgehead atoms. The van der Waals surface area contributed by atoms with E-state index in [1.165, 1.54) is 35.2 Å². The lowest BCUT2D eigenvalue weighted by Crippen LogP contribution is -2.15. The number of benzene rings is 2. The lowest BCUT2D eigenvalue weighted by molar-refractivity contribution is -0.384. The van der Waals surface area contributed by atoms with Crippen molar-refractivity contribution in [2.75, 3.05) is 11.1 Å². The van der Waals surface area contributed by atoms with Gasteiger partial charge in [0.15, 0.2) is 8.29 Å². The number of rotatable bonds is 6. The number of nitro groups is 1. The molecule has 7 nitrogen and oxygen atoms in total. The van der Waals surface area contributed by atoms with Crippen molar-refractivity contribution in [3.8, 4) is 5.69 Å². The quantitative estimate of drug-likeness (QED) is 0.237. The highest BCUT2D eigenvalue weighted by atomic mass is 35.5. The zero-order valence-electron chi connectivity index (χ0n) is 14.4. The standard InChI is InChI=1S/C17H13ClN4O3S3/c1-10-2-7-13(14(8-10)22(24)25)19-15(23)9-27-16-20-21(17(26)28-16)12-5-3-11(18)4-6-12/h2-8H,9H2,1H3,(H,19,23). The minimum Gasteiger partial charge on any atom is -0.320 e. The second-order valence-corrected chi connectivity index (χ2v) is 8.92. The molecule has 0 aliphatic carbocycles. The maximum absolute atomic E-state index is 12.2. The van der Waals surface area contributed by atoms with Crippen LogP contribution in [0.4, 0.5) is 11.4 Å². The molecule has 0 saturated heterocycles. The summed E-state index contributed by atoms with van der Waals surface area (Å²) in [6.07, 6.45) is 0. The van der Waals surface area contributed by atoms with E-state index in [9.17, 15) is 14.9 Å². The predicted molar refractivity (Wildman–Crippen MR) is 114 cm³/mol. The number of thioether (sulfide) groups is 1. The second-order valence-electron chi connectivity index (χ2n) is 5.64. The summed E-state index contributed by atoms with van der Waals surface area (Å²) in [6.45, 7) is 1.75. The summed E-state index contributed by atoms with van der Waals surface area (Å²) in [4.78, 5) is 22.8. The monoisotopic (exact) mass is 452 g/mol. The highest BCUT2D eigenvalue weighted by molar-refractivity contribution is 8.01. The fraction of sp³-hybridized carbons (Fsp3) is 0.118. The molecular formula is C17H13ClN4O3S3. The molecule has 0 aliphatic heterocycles. The van der Waals surface area contributed by atoms with Crippen molar-refractivity contribution in [2.45, 2.75) is 11.3 Å². The normalized spacial score (nSPS) is 10.6. The number of hydrogen-bond donors (Lipinski definition) is 1. The Morgan fingerprint density at radius 3 is 2.75 bits per heavy atom. The van der Waals surface area contributed by atoms with Crippen molar-refractivity contribution >= 4 is 64.2 Å². The van der Waals surface area contributed by atoms with Gasteiger partial charge in [-0.15, -0.1) is 5.10 Å². The van der Waals surface area contributed by atoms with Crippen LogP contribution in [0.3, 0.4) is 0 Å². The number of aromatic nitrogens is 2. The number of nitro benzene ring substituents is 1. The predicted octanol–water partition coefficient (Wildman–Crippen LogP) is 5.26. The Balaban J connectivity index is 1.67. The number of amides is 1. The van der Waals surface area contributed by atoms with Gasteiger partial charge in [0.05, 0.1) is 16.4 Å². The van der Waals surface area contributed by atoms with E-state index in [1.54, 1.807) is 41.9 Å². The van der Waals surface area contributed by atoms with E-state index >= 15 is 0 Å². The molecule has 0 atom stereocenters. The van der Waals surface area contributed by atoms with E-state index in [4.69, 9.17) is 23.8 Å². The molecule has 144 valence electrons. The first kappa shape index (κ1) is 20.5. The summed E-state index contributed by atoms with van der Waals surface area (Å²) >= 11 is 13.7. The molecule has 3 rings (SSSR count). The summed E-state index contributed by atoms with van der Waals surface area (Å²) < 4.78 is 2.76. The molecule has 1 N–H and O–H groups in total. The first-order valence-corrected chi connectivity index (χ1v) is 10.5. The molecule has 1 heterocycles. The molecule has 1 aromatic heterocycles. The fourth-order valence-electron chi connectivity index (χ4n) is 2.28. The van der Waals surface area contributed by atoms with Crippen molar-refractivity contribution < 1.29 is 9.72 Å². The van der Waals surface area contributed by atoms with Crippen LogP contribution in [-0.4, -0.2) is 26.4 Å². The van der Waals surface area contributed by atoms with Gasteiger partial charge in [-0.2, -0.15) is 0 Å². The van der Waals surface area contributed by atoms with Crippen molar-refractivity contribution in [2.24, 2.45) is 0 Å². The van der Waals surface area contributed by atoms with Crippen LogP contribution in [-0.2, 0) is 4.79 Å². The molecule has 11 heteroatoms. The Bertz CT molecular complexity index is 1100. The van der Waals surface area contributed by atoms with Gasteiger partial charge in [-0.05, 0) is 55.0 Å². The summed E-state index contributed by atoms with van der Waals surface area (Å²) in [5.41, 5.74) is 1.55. The first-order chi connectivity index (χ1) is 13.3. The molecule has 0 aliphatic rings. The van der Waals surface area contributed by atoms with Crippen molar-refractivity contribution in [1.82, 2.24) is 9.78 Å². The lowest BCUT2D eigenvalue weighted by atomic mass is 10.2. The molecule has 0 fully saturated rings. The highest BCUT2D eigenvalue weighted by Gasteiger charge is 2.16.